The molecule has 3 heteroatoms. The van der Waals surface area contributed by atoms with E-state index in [-0.39, 0.29) is 6.61 Å². The maximum atomic E-state index is 8.97. The normalized spacial score (nSPS) is 18.4. The van der Waals surface area contributed by atoms with Gasteiger partial charge in [0.25, 0.3) is 0 Å². The van der Waals surface area contributed by atoms with Crippen LogP contribution in [0, 0.1) is 0 Å². The van der Waals surface area contributed by atoms with Crippen LogP contribution in [0.4, 0.5) is 0 Å². The first kappa shape index (κ1) is 16.1. The number of hydrogen-bond acceptors (Lipinski definition) is 3. The van der Waals surface area contributed by atoms with E-state index in [0.717, 1.165) is 6.54 Å². The van der Waals surface area contributed by atoms with Crippen LogP contribution in [0.15, 0.2) is 24.6 Å². The van der Waals surface area contributed by atoms with Gasteiger partial charge < -0.3 is 15.3 Å². The highest BCUT2D eigenvalue weighted by Gasteiger charge is 2.16. The van der Waals surface area contributed by atoms with Crippen molar-refractivity contribution < 1.29 is 5.11 Å². The van der Waals surface area contributed by atoms with Crippen molar-refractivity contribution in [1.82, 2.24) is 10.2 Å². The predicted molar refractivity (Wildman–Crippen MR) is 81.6 cm³/mol. The number of aliphatic hydroxyl groups is 1. The molecular weight excluding hydrogens is 236 g/mol. The molecule has 0 saturated heterocycles. The van der Waals surface area contributed by atoms with Gasteiger partial charge in [-0.05, 0) is 32.6 Å². The lowest BCUT2D eigenvalue weighted by molar-refractivity contribution is 0.194. The van der Waals surface area contributed by atoms with Gasteiger partial charge in [-0.15, -0.1) is 0 Å². The first-order valence-electron chi connectivity index (χ1n) is 7.79. The van der Waals surface area contributed by atoms with Crippen molar-refractivity contribution in [3.05, 3.63) is 24.6 Å². The van der Waals surface area contributed by atoms with Crippen LogP contribution >= 0.6 is 0 Å². The summed E-state index contributed by atoms with van der Waals surface area (Å²) in [7, 11) is 0. The molecule has 0 aromatic heterocycles. The molecular formula is C16H30N2O. The Balaban J connectivity index is 1.90. The third-order valence-electron chi connectivity index (χ3n) is 3.65. The standard InChI is InChI=1S/C16H30N2O/c1-2-3-4-5-6-7-8-9-10-11-16-17-12-13-18(16)14-15-19/h2-3,12-13,16-17,19H,4-11,14-15H2,1H3/b3-2+. The number of nitrogens with zero attached hydrogens (tertiary/aromatic N) is 1. The maximum Gasteiger partial charge on any atom is 0.0982 e. The smallest absolute Gasteiger partial charge is 0.0982 e. The van der Waals surface area contributed by atoms with Crippen molar-refractivity contribution in [2.24, 2.45) is 0 Å². The van der Waals surface area contributed by atoms with Crippen LogP contribution in [-0.2, 0) is 0 Å². The van der Waals surface area contributed by atoms with Crippen LogP contribution in [-0.4, -0.2) is 29.3 Å². The average Bonchev–Trinajstić information content (AvgIpc) is 2.85. The average molecular weight is 266 g/mol. The summed E-state index contributed by atoms with van der Waals surface area (Å²) < 4.78 is 0. The van der Waals surface area contributed by atoms with Gasteiger partial charge in [0.2, 0.25) is 0 Å². The van der Waals surface area contributed by atoms with Crippen molar-refractivity contribution in [2.45, 2.75) is 64.5 Å². The van der Waals surface area contributed by atoms with Gasteiger partial charge in [0.05, 0.1) is 12.8 Å². The van der Waals surface area contributed by atoms with E-state index in [1.165, 1.54) is 51.4 Å². The van der Waals surface area contributed by atoms with E-state index in [9.17, 15) is 0 Å². The fourth-order valence-electron chi connectivity index (χ4n) is 2.52. The van der Waals surface area contributed by atoms with Crippen molar-refractivity contribution in [3.8, 4) is 0 Å². The zero-order valence-corrected chi connectivity index (χ0v) is 12.4. The van der Waals surface area contributed by atoms with Crippen molar-refractivity contribution in [1.29, 1.82) is 0 Å². The molecule has 0 aromatic carbocycles. The van der Waals surface area contributed by atoms with Crippen LogP contribution in [0.3, 0.4) is 0 Å². The van der Waals surface area contributed by atoms with E-state index in [0.29, 0.717) is 6.17 Å². The minimum Gasteiger partial charge on any atom is -0.395 e. The second-order valence-corrected chi connectivity index (χ2v) is 5.23. The number of β-amino-alcohol motifs (C(OH)–C–C–N with tert-alkyl or cyclic N) is 1. The molecule has 0 spiro atoms. The fraction of sp³-hybridized carbons (Fsp3) is 0.750. The van der Waals surface area contributed by atoms with E-state index in [2.05, 4.69) is 29.3 Å². The molecule has 1 heterocycles. The molecule has 0 aromatic rings. The molecule has 0 fully saturated rings. The third kappa shape index (κ3) is 7.26. The fourth-order valence-corrected chi connectivity index (χ4v) is 2.52. The van der Waals surface area contributed by atoms with Gasteiger partial charge in [0.15, 0.2) is 0 Å². The Morgan fingerprint density at radius 1 is 1.16 bits per heavy atom. The second-order valence-electron chi connectivity index (χ2n) is 5.23. The molecule has 0 radical (unpaired) electrons. The number of unbranched alkanes of at least 4 members (excludes halogenated alkanes) is 6. The largest absolute Gasteiger partial charge is 0.395 e. The van der Waals surface area contributed by atoms with E-state index >= 15 is 0 Å². The zero-order valence-electron chi connectivity index (χ0n) is 12.4. The van der Waals surface area contributed by atoms with E-state index in [4.69, 9.17) is 5.11 Å². The van der Waals surface area contributed by atoms with E-state index < -0.39 is 0 Å². The first-order chi connectivity index (χ1) is 9.38. The lowest BCUT2D eigenvalue weighted by Gasteiger charge is -2.24. The molecule has 1 unspecified atom stereocenters. The van der Waals surface area contributed by atoms with Crippen LogP contribution < -0.4 is 5.32 Å². The van der Waals surface area contributed by atoms with Crippen LogP contribution in [0.1, 0.15) is 58.3 Å². The molecule has 0 aliphatic carbocycles. The maximum absolute atomic E-state index is 8.97. The molecule has 1 atom stereocenters. The molecule has 0 bridgehead atoms. The Bertz CT molecular complexity index is 263. The molecule has 19 heavy (non-hydrogen) atoms. The summed E-state index contributed by atoms with van der Waals surface area (Å²) in [5.41, 5.74) is 0. The topological polar surface area (TPSA) is 35.5 Å². The summed E-state index contributed by atoms with van der Waals surface area (Å²) in [6, 6.07) is 0. The monoisotopic (exact) mass is 266 g/mol. The summed E-state index contributed by atoms with van der Waals surface area (Å²) in [6.07, 6.45) is 19.3. The molecule has 0 amide bonds. The molecule has 110 valence electrons. The minimum atomic E-state index is 0.231. The quantitative estimate of drug-likeness (QED) is 0.444. The lowest BCUT2D eigenvalue weighted by atomic mass is 10.1. The lowest BCUT2D eigenvalue weighted by Crippen LogP contribution is -2.36. The van der Waals surface area contributed by atoms with Gasteiger partial charge >= 0.3 is 0 Å². The first-order valence-corrected chi connectivity index (χ1v) is 7.79. The van der Waals surface area contributed by atoms with Crippen molar-refractivity contribution in [3.63, 3.8) is 0 Å². The minimum absolute atomic E-state index is 0.231. The number of allylic oxidation sites excluding steroid dienone is 2. The molecule has 2 N–H and O–H groups in total. The number of aliphatic hydroxyl groups excluding tert-OH is 1. The molecule has 3 nitrogen and oxygen atoms in total. The number of hydrogen-bond donors (Lipinski definition) is 2. The molecule has 1 aliphatic rings. The summed E-state index contributed by atoms with van der Waals surface area (Å²) in [6.45, 7) is 3.06. The zero-order chi connectivity index (χ0) is 13.8. The highest BCUT2D eigenvalue weighted by atomic mass is 16.3. The van der Waals surface area contributed by atoms with Crippen LogP contribution in [0.25, 0.3) is 0 Å². The molecule has 0 saturated carbocycles. The van der Waals surface area contributed by atoms with E-state index in [1.54, 1.807) is 0 Å². The van der Waals surface area contributed by atoms with Crippen molar-refractivity contribution in [2.75, 3.05) is 13.2 Å². The van der Waals surface area contributed by atoms with Gasteiger partial charge in [0.1, 0.15) is 0 Å². The van der Waals surface area contributed by atoms with Gasteiger partial charge in [-0.25, -0.2) is 0 Å². The Morgan fingerprint density at radius 2 is 1.89 bits per heavy atom. The molecule has 1 aliphatic heterocycles. The summed E-state index contributed by atoms with van der Waals surface area (Å²) in [5.74, 6) is 0. The van der Waals surface area contributed by atoms with Gasteiger partial charge in [-0.1, -0.05) is 37.8 Å². The van der Waals surface area contributed by atoms with Gasteiger partial charge in [-0.2, -0.15) is 0 Å². The second kappa shape index (κ2) is 10.9. The number of rotatable bonds is 11. The predicted octanol–water partition coefficient (Wildman–Crippen LogP) is 3.38. The van der Waals surface area contributed by atoms with Crippen LogP contribution in [0.2, 0.25) is 0 Å². The van der Waals surface area contributed by atoms with Crippen LogP contribution in [0.5, 0.6) is 0 Å². The SMILES string of the molecule is C/C=C/CCCCCCCCC1NC=CN1CCO. The van der Waals surface area contributed by atoms with Gasteiger partial charge in [0, 0.05) is 18.9 Å². The van der Waals surface area contributed by atoms with E-state index in [1.807, 2.05) is 12.4 Å². The Kier molecular flexibility index (Phi) is 9.25. The number of nitrogens with one attached hydrogen (secondary N) is 1. The summed E-state index contributed by atoms with van der Waals surface area (Å²) in [4.78, 5) is 2.19. The Hall–Kier alpha value is -0.960. The Labute approximate surface area is 118 Å². The highest BCUT2D eigenvalue weighted by molar-refractivity contribution is 4.93. The summed E-state index contributed by atoms with van der Waals surface area (Å²) in [5, 5.41) is 12.3. The highest BCUT2D eigenvalue weighted by Crippen LogP contribution is 2.14. The Morgan fingerprint density at radius 3 is 2.63 bits per heavy atom. The molecule has 1 rings (SSSR count). The third-order valence-corrected chi connectivity index (χ3v) is 3.65. The van der Waals surface area contributed by atoms with Gasteiger partial charge in [-0.3, -0.25) is 0 Å². The summed E-state index contributed by atoms with van der Waals surface area (Å²) >= 11 is 0. The van der Waals surface area contributed by atoms with Crippen molar-refractivity contribution >= 4 is 0 Å².